The van der Waals surface area contributed by atoms with Crippen LogP contribution in [0.15, 0.2) is 71.6 Å². The standard InChI is InChI=1S/C22H26N2O3S/c1-17-11-13-20(14-12-17)28(26,27)24(16-19(25)15-23(2)3)22-10-6-8-18-7-4-5-9-21(18)22/h4-14,19,25H,15-16H2,1-3H3/t19-/m0/s1. The van der Waals surface area contributed by atoms with Crippen LogP contribution in [0.5, 0.6) is 0 Å². The van der Waals surface area contributed by atoms with Crippen LogP contribution in [0.4, 0.5) is 5.69 Å². The fourth-order valence-electron chi connectivity index (χ4n) is 3.26. The Hall–Kier alpha value is -2.41. The Kier molecular flexibility index (Phi) is 6.03. The van der Waals surface area contributed by atoms with E-state index in [0.717, 1.165) is 16.3 Å². The third-order valence-electron chi connectivity index (χ3n) is 4.60. The molecule has 3 rings (SSSR count). The average Bonchev–Trinajstić information content (AvgIpc) is 2.65. The minimum absolute atomic E-state index is 0.0254. The minimum Gasteiger partial charge on any atom is -0.390 e. The molecule has 1 atom stereocenters. The van der Waals surface area contributed by atoms with E-state index in [4.69, 9.17) is 0 Å². The number of likely N-dealkylation sites (N-methyl/N-ethyl adjacent to an activating group) is 1. The second-order valence-electron chi connectivity index (χ2n) is 7.26. The van der Waals surface area contributed by atoms with Gasteiger partial charge < -0.3 is 10.0 Å². The van der Waals surface area contributed by atoms with Gasteiger partial charge in [0.2, 0.25) is 0 Å². The number of aliphatic hydroxyl groups excluding tert-OH is 1. The van der Waals surface area contributed by atoms with Crippen LogP contribution in [0.25, 0.3) is 10.8 Å². The number of hydrogen-bond donors (Lipinski definition) is 1. The quantitative estimate of drug-likeness (QED) is 0.664. The van der Waals surface area contributed by atoms with E-state index in [1.54, 1.807) is 30.3 Å². The van der Waals surface area contributed by atoms with Gasteiger partial charge in [0, 0.05) is 11.9 Å². The Bertz CT molecular complexity index is 1040. The summed E-state index contributed by atoms with van der Waals surface area (Å²) in [6, 6.07) is 20.0. The summed E-state index contributed by atoms with van der Waals surface area (Å²) in [5.74, 6) is 0. The fourth-order valence-corrected chi connectivity index (χ4v) is 4.78. The molecule has 0 radical (unpaired) electrons. The summed E-state index contributed by atoms with van der Waals surface area (Å²) in [7, 11) is -0.144. The van der Waals surface area contributed by atoms with Crippen LogP contribution in [0.2, 0.25) is 0 Å². The Morgan fingerprint density at radius 2 is 1.54 bits per heavy atom. The molecule has 28 heavy (non-hydrogen) atoms. The molecule has 0 fully saturated rings. The van der Waals surface area contributed by atoms with Crippen molar-refractivity contribution in [1.82, 2.24) is 4.90 Å². The fraction of sp³-hybridized carbons (Fsp3) is 0.273. The topological polar surface area (TPSA) is 60.9 Å². The van der Waals surface area contributed by atoms with Crippen LogP contribution in [-0.4, -0.2) is 51.7 Å². The molecule has 0 heterocycles. The lowest BCUT2D eigenvalue weighted by Crippen LogP contribution is -2.41. The highest BCUT2D eigenvalue weighted by molar-refractivity contribution is 7.92. The van der Waals surface area contributed by atoms with Crippen LogP contribution >= 0.6 is 0 Å². The number of rotatable bonds is 7. The van der Waals surface area contributed by atoms with E-state index >= 15 is 0 Å². The second kappa shape index (κ2) is 8.31. The summed E-state index contributed by atoms with van der Waals surface area (Å²) < 4.78 is 28.3. The van der Waals surface area contributed by atoms with Crippen molar-refractivity contribution < 1.29 is 13.5 Å². The number of aryl methyl sites for hydroxylation is 1. The normalized spacial score (nSPS) is 13.0. The number of sulfonamides is 1. The van der Waals surface area contributed by atoms with Crippen molar-refractivity contribution in [2.24, 2.45) is 0 Å². The van der Waals surface area contributed by atoms with Gasteiger partial charge in [0.05, 0.1) is 23.2 Å². The molecule has 0 bridgehead atoms. The molecule has 0 saturated carbocycles. The Balaban J connectivity index is 2.13. The van der Waals surface area contributed by atoms with E-state index in [-0.39, 0.29) is 11.4 Å². The molecule has 0 aliphatic rings. The third-order valence-corrected chi connectivity index (χ3v) is 6.39. The van der Waals surface area contributed by atoms with E-state index < -0.39 is 16.1 Å². The van der Waals surface area contributed by atoms with Gasteiger partial charge in [-0.15, -0.1) is 0 Å². The second-order valence-corrected chi connectivity index (χ2v) is 9.13. The molecule has 0 unspecified atom stereocenters. The lowest BCUT2D eigenvalue weighted by Gasteiger charge is -2.29. The van der Waals surface area contributed by atoms with Crippen LogP contribution in [0.1, 0.15) is 5.56 Å². The molecule has 0 amide bonds. The lowest BCUT2D eigenvalue weighted by molar-refractivity contribution is 0.145. The van der Waals surface area contributed by atoms with Gasteiger partial charge >= 0.3 is 0 Å². The van der Waals surface area contributed by atoms with Crippen molar-refractivity contribution in [2.75, 3.05) is 31.5 Å². The van der Waals surface area contributed by atoms with E-state index in [1.165, 1.54) is 4.31 Å². The van der Waals surface area contributed by atoms with Gasteiger partial charge in [-0.2, -0.15) is 0 Å². The molecule has 3 aromatic rings. The maximum atomic E-state index is 13.5. The van der Waals surface area contributed by atoms with Gasteiger partial charge in [-0.05, 0) is 44.6 Å². The number of anilines is 1. The number of aliphatic hydroxyl groups is 1. The molecular formula is C22H26N2O3S. The van der Waals surface area contributed by atoms with Crippen molar-refractivity contribution in [3.8, 4) is 0 Å². The molecule has 1 N–H and O–H groups in total. The zero-order valence-corrected chi connectivity index (χ0v) is 17.2. The van der Waals surface area contributed by atoms with Crippen LogP contribution in [0.3, 0.4) is 0 Å². The molecule has 0 aliphatic heterocycles. The summed E-state index contributed by atoms with van der Waals surface area (Å²) in [5.41, 5.74) is 1.56. The summed E-state index contributed by atoms with van der Waals surface area (Å²) in [6.45, 7) is 2.26. The Labute approximate surface area is 166 Å². The zero-order valence-electron chi connectivity index (χ0n) is 16.4. The summed E-state index contributed by atoms with van der Waals surface area (Å²) in [5, 5.41) is 12.3. The highest BCUT2D eigenvalue weighted by atomic mass is 32.2. The molecule has 5 nitrogen and oxygen atoms in total. The lowest BCUT2D eigenvalue weighted by atomic mass is 10.1. The maximum absolute atomic E-state index is 13.5. The molecule has 0 aliphatic carbocycles. The van der Waals surface area contributed by atoms with Crippen molar-refractivity contribution in [3.05, 3.63) is 72.3 Å². The first-order valence-electron chi connectivity index (χ1n) is 9.19. The number of fused-ring (bicyclic) bond motifs is 1. The van der Waals surface area contributed by atoms with Crippen molar-refractivity contribution in [2.45, 2.75) is 17.9 Å². The minimum atomic E-state index is -3.84. The maximum Gasteiger partial charge on any atom is 0.264 e. The highest BCUT2D eigenvalue weighted by Gasteiger charge is 2.28. The van der Waals surface area contributed by atoms with Gasteiger partial charge in [-0.1, -0.05) is 54.1 Å². The Morgan fingerprint density at radius 1 is 0.893 bits per heavy atom. The van der Waals surface area contributed by atoms with E-state index in [0.29, 0.717) is 12.2 Å². The van der Waals surface area contributed by atoms with Gasteiger partial charge in [-0.3, -0.25) is 4.31 Å². The summed E-state index contributed by atoms with van der Waals surface area (Å²) in [6.07, 6.45) is -0.825. The molecule has 0 spiro atoms. The largest absolute Gasteiger partial charge is 0.390 e. The van der Waals surface area contributed by atoms with E-state index in [1.807, 2.05) is 62.3 Å². The van der Waals surface area contributed by atoms with Crippen LogP contribution < -0.4 is 4.31 Å². The number of nitrogens with zero attached hydrogens (tertiary/aromatic N) is 2. The van der Waals surface area contributed by atoms with Gasteiger partial charge in [0.25, 0.3) is 10.0 Å². The van der Waals surface area contributed by atoms with Gasteiger partial charge in [0.15, 0.2) is 0 Å². The van der Waals surface area contributed by atoms with Crippen LogP contribution in [0, 0.1) is 6.92 Å². The molecule has 148 valence electrons. The van der Waals surface area contributed by atoms with E-state index in [9.17, 15) is 13.5 Å². The van der Waals surface area contributed by atoms with Crippen molar-refractivity contribution >= 4 is 26.5 Å². The summed E-state index contributed by atoms with van der Waals surface area (Å²) in [4.78, 5) is 2.05. The molecule has 6 heteroatoms. The predicted molar refractivity (Wildman–Crippen MR) is 114 cm³/mol. The first-order valence-corrected chi connectivity index (χ1v) is 10.6. The number of benzene rings is 3. The molecule has 0 saturated heterocycles. The van der Waals surface area contributed by atoms with Gasteiger partial charge in [-0.25, -0.2) is 8.42 Å². The SMILES string of the molecule is Cc1ccc(S(=O)(=O)N(C[C@@H](O)CN(C)C)c2cccc3ccccc23)cc1. The summed E-state index contributed by atoms with van der Waals surface area (Å²) >= 11 is 0. The first-order chi connectivity index (χ1) is 13.3. The van der Waals surface area contributed by atoms with Crippen LogP contribution in [-0.2, 0) is 10.0 Å². The first kappa shape index (κ1) is 20.3. The predicted octanol–water partition coefficient (Wildman–Crippen LogP) is 3.27. The highest BCUT2D eigenvalue weighted by Crippen LogP contribution is 2.31. The molecule has 0 aromatic heterocycles. The van der Waals surface area contributed by atoms with E-state index in [2.05, 4.69) is 0 Å². The Morgan fingerprint density at radius 3 is 2.21 bits per heavy atom. The monoisotopic (exact) mass is 398 g/mol. The van der Waals surface area contributed by atoms with Crippen molar-refractivity contribution in [3.63, 3.8) is 0 Å². The van der Waals surface area contributed by atoms with Crippen molar-refractivity contribution in [1.29, 1.82) is 0 Å². The zero-order chi connectivity index (χ0) is 20.3. The van der Waals surface area contributed by atoms with Gasteiger partial charge in [0.1, 0.15) is 0 Å². The average molecular weight is 399 g/mol. The third kappa shape index (κ3) is 4.35. The molecular weight excluding hydrogens is 372 g/mol. The number of hydrogen-bond acceptors (Lipinski definition) is 4. The smallest absolute Gasteiger partial charge is 0.264 e. The molecule has 3 aromatic carbocycles.